The molecule has 0 aliphatic heterocycles. The van der Waals surface area contributed by atoms with E-state index < -0.39 is 18.2 Å². The molecule has 0 saturated carbocycles. The molecule has 0 aromatic carbocycles. The van der Waals surface area contributed by atoms with Gasteiger partial charge in [-0.15, -0.1) is 0 Å². The first-order chi connectivity index (χ1) is 21.6. The fraction of sp³-hybridized carbons (Fsp3) is 0.872. The van der Waals surface area contributed by atoms with E-state index in [4.69, 9.17) is 0 Å². The number of allylic oxidation sites excluding steroid dienone is 4. The molecular weight excluding hydrogens is 546 g/mol. The zero-order valence-corrected chi connectivity index (χ0v) is 29.3. The summed E-state index contributed by atoms with van der Waals surface area (Å²) in [7, 11) is 0. The van der Waals surface area contributed by atoms with Crippen molar-refractivity contribution in [3.63, 3.8) is 0 Å². The molecule has 1 amide bonds. The highest BCUT2D eigenvalue weighted by molar-refractivity contribution is 5.76. The van der Waals surface area contributed by atoms with Crippen LogP contribution in [0.4, 0.5) is 0 Å². The molecule has 0 spiro atoms. The molecule has 0 saturated heterocycles. The largest absolute Gasteiger partial charge is 0.394 e. The number of carbonyl (C=O) groups is 1. The Morgan fingerprint density at radius 3 is 1.43 bits per heavy atom. The molecule has 3 atom stereocenters. The van der Waals surface area contributed by atoms with Crippen LogP contribution in [0.25, 0.3) is 0 Å². The van der Waals surface area contributed by atoms with E-state index in [2.05, 4.69) is 43.5 Å². The number of hydrogen-bond acceptors (Lipinski definition) is 4. The van der Waals surface area contributed by atoms with E-state index in [1.54, 1.807) is 0 Å². The van der Waals surface area contributed by atoms with E-state index in [9.17, 15) is 20.1 Å². The maximum atomic E-state index is 12.4. The van der Waals surface area contributed by atoms with Crippen molar-refractivity contribution in [3.8, 4) is 0 Å². The molecule has 4 N–H and O–H groups in total. The molecule has 0 aliphatic carbocycles. The summed E-state index contributed by atoms with van der Waals surface area (Å²) >= 11 is 0. The molecule has 260 valence electrons. The summed E-state index contributed by atoms with van der Waals surface area (Å²) in [5, 5.41) is 33.3. The van der Waals surface area contributed by atoms with Gasteiger partial charge in [-0.05, 0) is 38.5 Å². The third kappa shape index (κ3) is 29.5. The van der Waals surface area contributed by atoms with E-state index >= 15 is 0 Å². The molecule has 0 bridgehead atoms. The second kappa shape index (κ2) is 34.7. The topological polar surface area (TPSA) is 89.8 Å². The highest BCUT2D eigenvalue weighted by Crippen LogP contribution is 2.15. The lowest BCUT2D eigenvalue weighted by Crippen LogP contribution is -2.50. The minimum absolute atomic E-state index is 0.150. The maximum Gasteiger partial charge on any atom is 0.220 e. The molecule has 0 heterocycles. The second-order valence-electron chi connectivity index (χ2n) is 13.2. The van der Waals surface area contributed by atoms with Crippen molar-refractivity contribution >= 4 is 5.91 Å². The lowest BCUT2D eigenvalue weighted by atomic mass is 9.99. The van der Waals surface area contributed by atoms with Crippen LogP contribution in [0, 0.1) is 0 Å². The Hall–Kier alpha value is -1.17. The Morgan fingerprint density at radius 2 is 0.955 bits per heavy atom. The SMILES string of the molecule is CCCCC/C=C\C=C/CCCCCCCCCCCCC(=O)NC(CO)C(O)C(O)CCCCCCCCCCCCC. The Balaban J connectivity index is 3.66. The fourth-order valence-electron chi connectivity index (χ4n) is 5.80. The molecular formula is C39H75NO4. The number of hydrogen-bond donors (Lipinski definition) is 4. The molecule has 0 radical (unpaired) electrons. The number of carbonyl (C=O) groups excluding carboxylic acids is 1. The summed E-state index contributed by atoms with van der Waals surface area (Å²) in [6.07, 6.45) is 39.8. The molecule has 0 aromatic heterocycles. The van der Waals surface area contributed by atoms with Crippen LogP contribution in [0.2, 0.25) is 0 Å². The van der Waals surface area contributed by atoms with Gasteiger partial charge in [-0.25, -0.2) is 0 Å². The zero-order valence-electron chi connectivity index (χ0n) is 29.3. The number of amides is 1. The lowest BCUT2D eigenvalue weighted by Gasteiger charge is -2.26. The van der Waals surface area contributed by atoms with E-state index in [-0.39, 0.29) is 12.5 Å². The van der Waals surface area contributed by atoms with Crippen molar-refractivity contribution < 1.29 is 20.1 Å². The van der Waals surface area contributed by atoms with Crippen molar-refractivity contribution in [1.29, 1.82) is 0 Å². The quantitative estimate of drug-likeness (QED) is 0.0425. The van der Waals surface area contributed by atoms with Gasteiger partial charge in [-0.3, -0.25) is 4.79 Å². The predicted molar refractivity (Wildman–Crippen MR) is 190 cm³/mol. The highest BCUT2D eigenvalue weighted by atomic mass is 16.3. The van der Waals surface area contributed by atoms with Crippen LogP contribution < -0.4 is 5.32 Å². The van der Waals surface area contributed by atoms with Gasteiger partial charge in [-0.1, -0.05) is 173 Å². The van der Waals surface area contributed by atoms with E-state index in [0.717, 1.165) is 38.5 Å². The average Bonchev–Trinajstić information content (AvgIpc) is 3.03. The third-order valence-corrected chi connectivity index (χ3v) is 8.84. The minimum atomic E-state index is -1.13. The van der Waals surface area contributed by atoms with Crippen LogP contribution in [-0.4, -0.2) is 46.1 Å². The van der Waals surface area contributed by atoms with Gasteiger partial charge in [0.15, 0.2) is 0 Å². The Morgan fingerprint density at radius 1 is 0.568 bits per heavy atom. The molecule has 0 fully saturated rings. The molecule has 0 aromatic rings. The lowest BCUT2D eigenvalue weighted by molar-refractivity contribution is -0.124. The second-order valence-corrected chi connectivity index (χ2v) is 13.2. The highest BCUT2D eigenvalue weighted by Gasteiger charge is 2.26. The number of nitrogens with one attached hydrogen (secondary N) is 1. The van der Waals surface area contributed by atoms with Crippen LogP contribution in [0.15, 0.2) is 24.3 Å². The van der Waals surface area contributed by atoms with Gasteiger partial charge < -0.3 is 20.6 Å². The Labute approximate surface area is 273 Å². The van der Waals surface area contributed by atoms with Gasteiger partial charge in [-0.2, -0.15) is 0 Å². The van der Waals surface area contributed by atoms with E-state index in [0.29, 0.717) is 12.8 Å². The van der Waals surface area contributed by atoms with Crippen molar-refractivity contribution in [2.45, 2.75) is 212 Å². The first-order valence-corrected chi connectivity index (χ1v) is 19.1. The van der Waals surface area contributed by atoms with Crippen molar-refractivity contribution in [3.05, 3.63) is 24.3 Å². The van der Waals surface area contributed by atoms with E-state index in [1.165, 1.54) is 128 Å². The Bertz CT molecular complexity index is 650. The van der Waals surface area contributed by atoms with Crippen molar-refractivity contribution in [1.82, 2.24) is 5.32 Å². The number of aliphatic hydroxyl groups excluding tert-OH is 3. The molecule has 5 nitrogen and oxygen atoms in total. The first-order valence-electron chi connectivity index (χ1n) is 19.1. The predicted octanol–water partition coefficient (Wildman–Crippen LogP) is 10.3. The van der Waals surface area contributed by atoms with Crippen LogP contribution in [0.5, 0.6) is 0 Å². The van der Waals surface area contributed by atoms with Crippen LogP contribution in [0.1, 0.15) is 194 Å². The zero-order chi connectivity index (χ0) is 32.4. The Kier molecular flexibility index (Phi) is 33.8. The normalized spacial score (nSPS) is 14.0. The average molecular weight is 622 g/mol. The third-order valence-electron chi connectivity index (χ3n) is 8.84. The van der Waals surface area contributed by atoms with Crippen LogP contribution in [-0.2, 0) is 4.79 Å². The standard InChI is InChI=1S/C39H75NO4/c1-3-5-7-9-11-13-15-16-17-18-19-20-21-22-24-26-28-30-32-34-38(43)40-36(35-41)39(44)37(42)33-31-29-27-25-23-14-12-10-8-6-4-2/h11,13,15-16,36-37,39,41-42,44H,3-10,12,14,17-35H2,1-2H3,(H,40,43)/b13-11-,16-15-. The number of rotatable bonds is 34. The summed E-state index contributed by atoms with van der Waals surface area (Å²) in [5.41, 5.74) is 0. The summed E-state index contributed by atoms with van der Waals surface area (Å²) in [6.45, 7) is 4.13. The van der Waals surface area contributed by atoms with Crippen LogP contribution in [0.3, 0.4) is 0 Å². The number of unbranched alkanes of at least 4 members (excludes halogenated alkanes) is 23. The minimum Gasteiger partial charge on any atom is -0.394 e. The van der Waals surface area contributed by atoms with Crippen LogP contribution >= 0.6 is 0 Å². The molecule has 44 heavy (non-hydrogen) atoms. The van der Waals surface area contributed by atoms with E-state index in [1.807, 2.05) is 0 Å². The van der Waals surface area contributed by atoms with Gasteiger partial charge in [0.1, 0.15) is 6.10 Å². The van der Waals surface area contributed by atoms with Gasteiger partial charge in [0.05, 0.1) is 18.8 Å². The fourth-order valence-corrected chi connectivity index (χ4v) is 5.80. The van der Waals surface area contributed by atoms with Crippen molar-refractivity contribution in [2.24, 2.45) is 0 Å². The van der Waals surface area contributed by atoms with Gasteiger partial charge >= 0.3 is 0 Å². The summed E-state index contributed by atoms with van der Waals surface area (Å²) in [5.74, 6) is -0.150. The summed E-state index contributed by atoms with van der Waals surface area (Å²) in [6, 6.07) is -0.807. The van der Waals surface area contributed by atoms with Gasteiger partial charge in [0, 0.05) is 6.42 Å². The monoisotopic (exact) mass is 622 g/mol. The smallest absolute Gasteiger partial charge is 0.220 e. The first kappa shape index (κ1) is 42.8. The molecule has 0 aliphatic rings. The van der Waals surface area contributed by atoms with Crippen molar-refractivity contribution in [2.75, 3.05) is 6.61 Å². The molecule has 5 heteroatoms. The summed E-state index contributed by atoms with van der Waals surface area (Å²) < 4.78 is 0. The molecule has 0 rings (SSSR count). The number of aliphatic hydroxyl groups is 3. The molecule has 3 unspecified atom stereocenters. The summed E-state index contributed by atoms with van der Waals surface area (Å²) in [4.78, 5) is 12.4. The van der Waals surface area contributed by atoms with Gasteiger partial charge in [0.2, 0.25) is 5.91 Å². The maximum absolute atomic E-state index is 12.4. The van der Waals surface area contributed by atoms with Gasteiger partial charge in [0.25, 0.3) is 0 Å².